The van der Waals surface area contributed by atoms with Crippen molar-refractivity contribution in [2.45, 2.75) is 34.2 Å². The standard InChI is InChI=1S/C20H22N2S/c1-5-22-18(17-9-7-6-8-10-17)13-23-20(22)21-19-15(3)11-14(2)12-16(19)4/h6-13H,5H2,1-4H3/p+1. The van der Waals surface area contributed by atoms with Gasteiger partial charge in [-0.25, -0.2) is 9.88 Å². The van der Waals surface area contributed by atoms with E-state index >= 15 is 0 Å². The Kier molecular flexibility index (Phi) is 4.49. The van der Waals surface area contributed by atoms with E-state index in [1.54, 1.807) is 11.3 Å². The average Bonchev–Trinajstić information content (AvgIpc) is 2.94. The number of hydrogen-bond donors (Lipinski definition) is 1. The summed E-state index contributed by atoms with van der Waals surface area (Å²) in [5, 5.41) is 7.08. The average molecular weight is 323 g/mol. The van der Waals surface area contributed by atoms with Crippen LogP contribution in [0, 0.1) is 20.8 Å². The molecule has 0 aliphatic rings. The smallest absolute Gasteiger partial charge is 0.231 e. The fourth-order valence-electron chi connectivity index (χ4n) is 3.08. The molecule has 0 aliphatic heterocycles. The Morgan fingerprint density at radius 2 is 1.65 bits per heavy atom. The molecule has 2 aromatic carbocycles. The van der Waals surface area contributed by atoms with Crippen molar-refractivity contribution in [3.05, 3.63) is 64.5 Å². The minimum Gasteiger partial charge on any atom is -0.231 e. The Bertz CT molecular complexity index is 796. The summed E-state index contributed by atoms with van der Waals surface area (Å²) in [5.74, 6) is 0. The molecule has 0 saturated heterocycles. The predicted molar refractivity (Wildman–Crippen MR) is 99.6 cm³/mol. The number of aryl methyl sites for hydroxylation is 3. The molecule has 118 valence electrons. The van der Waals surface area contributed by atoms with Crippen LogP contribution in [0.3, 0.4) is 0 Å². The molecule has 0 saturated carbocycles. The van der Waals surface area contributed by atoms with Crippen LogP contribution in [-0.2, 0) is 6.54 Å². The number of aromatic nitrogens is 1. The summed E-state index contributed by atoms with van der Waals surface area (Å²) in [7, 11) is 0. The Morgan fingerprint density at radius 3 is 2.26 bits per heavy atom. The van der Waals surface area contributed by atoms with Crippen LogP contribution in [0.25, 0.3) is 11.3 Å². The molecule has 0 atom stereocenters. The Hall–Kier alpha value is -2.13. The molecule has 3 aromatic rings. The largest absolute Gasteiger partial charge is 0.339 e. The van der Waals surface area contributed by atoms with Crippen LogP contribution in [0.1, 0.15) is 23.6 Å². The lowest BCUT2D eigenvalue weighted by molar-refractivity contribution is -0.664. The van der Waals surface area contributed by atoms with E-state index < -0.39 is 0 Å². The zero-order chi connectivity index (χ0) is 16.4. The molecule has 0 spiro atoms. The van der Waals surface area contributed by atoms with Crippen molar-refractivity contribution in [1.82, 2.24) is 0 Å². The molecule has 2 nitrogen and oxygen atoms in total. The molecule has 0 amide bonds. The summed E-state index contributed by atoms with van der Waals surface area (Å²) >= 11 is 1.76. The van der Waals surface area contributed by atoms with Crippen molar-refractivity contribution in [3.63, 3.8) is 0 Å². The van der Waals surface area contributed by atoms with Gasteiger partial charge >= 0.3 is 5.13 Å². The number of anilines is 2. The van der Waals surface area contributed by atoms with E-state index in [4.69, 9.17) is 0 Å². The van der Waals surface area contributed by atoms with Crippen LogP contribution in [-0.4, -0.2) is 0 Å². The number of rotatable bonds is 4. The van der Waals surface area contributed by atoms with Gasteiger partial charge < -0.3 is 0 Å². The van der Waals surface area contributed by atoms with Gasteiger partial charge in [0.05, 0.1) is 6.54 Å². The first-order valence-electron chi connectivity index (χ1n) is 8.01. The Morgan fingerprint density at radius 1 is 1.00 bits per heavy atom. The highest BCUT2D eigenvalue weighted by molar-refractivity contribution is 7.13. The van der Waals surface area contributed by atoms with E-state index in [1.165, 1.54) is 38.8 Å². The molecule has 0 radical (unpaired) electrons. The predicted octanol–water partition coefficient (Wildman–Crippen LogP) is 5.39. The number of benzene rings is 2. The molecule has 1 aromatic heterocycles. The monoisotopic (exact) mass is 323 g/mol. The third kappa shape index (κ3) is 3.15. The van der Waals surface area contributed by atoms with E-state index in [0.717, 1.165) is 6.54 Å². The molecular weight excluding hydrogens is 300 g/mol. The maximum Gasteiger partial charge on any atom is 0.339 e. The second-order valence-electron chi connectivity index (χ2n) is 5.94. The molecular formula is C20H23N2S+. The van der Waals surface area contributed by atoms with Gasteiger partial charge in [0.25, 0.3) is 0 Å². The van der Waals surface area contributed by atoms with Crippen LogP contribution in [0.2, 0.25) is 0 Å². The lowest BCUT2D eigenvalue weighted by Crippen LogP contribution is -2.35. The third-order valence-corrected chi connectivity index (χ3v) is 5.00. The minimum atomic E-state index is 0.944. The van der Waals surface area contributed by atoms with Crippen LogP contribution < -0.4 is 9.88 Å². The Balaban J connectivity index is 2.01. The van der Waals surface area contributed by atoms with Gasteiger partial charge in [0.15, 0.2) is 0 Å². The van der Waals surface area contributed by atoms with Gasteiger partial charge in [0.1, 0.15) is 11.4 Å². The number of nitrogens with zero attached hydrogens (tertiary/aromatic N) is 1. The van der Waals surface area contributed by atoms with Crippen LogP contribution >= 0.6 is 11.3 Å². The second kappa shape index (κ2) is 6.55. The molecule has 0 bridgehead atoms. The van der Waals surface area contributed by atoms with Gasteiger partial charge in [-0.3, -0.25) is 0 Å². The fraction of sp³-hybridized carbons (Fsp3) is 0.250. The first kappa shape index (κ1) is 15.8. The maximum atomic E-state index is 3.66. The van der Waals surface area contributed by atoms with Gasteiger partial charge in [0, 0.05) is 10.9 Å². The molecule has 1 N–H and O–H groups in total. The molecule has 23 heavy (non-hydrogen) atoms. The zero-order valence-electron chi connectivity index (χ0n) is 14.2. The molecule has 1 heterocycles. The number of hydrogen-bond acceptors (Lipinski definition) is 2. The van der Waals surface area contributed by atoms with Crippen LogP contribution in [0.15, 0.2) is 47.8 Å². The molecule has 0 aliphatic carbocycles. The van der Waals surface area contributed by atoms with Gasteiger partial charge in [-0.1, -0.05) is 59.4 Å². The van der Waals surface area contributed by atoms with Gasteiger partial charge in [-0.2, -0.15) is 0 Å². The van der Waals surface area contributed by atoms with Crippen molar-refractivity contribution >= 4 is 22.2 Å². The first-order chi connectivity index (χ1) is 11.1. The quantitative estimate of drug-likeness (QED) is 0.636. The summed E-state index contributed by atoms with van der Waals surface area (Å²) in [6.07, 6.45) is 0. The van der Waals surface area contributed by atoms with E-state index in [-0.39, 0.29) is 0 Å². The van der Waals surface area contributed by atoms with Crippen molar-refractivity contribution < 1.29 is 4.57 Å². The lowest BCUT2D eigenvalue weighted by atomic mass is 10.1. The highest BCUT2D eigenvalue weighted by Crippen LogP contribution is 2.29. The van der Waals surface area contributed by atoms with Crippen molar-refractivity contribution in [2.75, 3.05) is 5.32 Å². The summed E-state index contributed by atoms with van der Waals surface area (Å²) < 4.78 is 2.35. The first-order valence-corrected chi connectivity index (χ1v) is 8.89. The third-order valence-electron chi connectivity index (χ3n) is 4.11. The maximum absolute atomic E-state index is 3.66. The fourth-order valence-corrected chi connectivity index (χ4v) is 4.08. The summed E-state index contributed by atoms with van der Waals surface area (Å²) in [4.78, 5) is 0. The number of thiazole rings is 1. The van der Waals surface area contributed by atoms with Crippen molar-refractivity contribution in [2.24, 2.45) is 0 Å². The second-order valence-corrected chi connectivity index (χ2v) is 6.79. The molecule has 0 unspecified atom stereocenters. The van der Waals surface area contributed by atoms with E-state index in [0.29, 0.717) is 0 Å². The lowest BCUT2D eigenvalue weighted by Gasteiger charge is -2.09. The minimum absolute atomic E-state index is 0.944. The van der Waals surface area contributed by atoms with Crippen molar-refractivity contribution in [1.29, 1.82) is 0 Å². The van der Waals surface area contributed by atoms with Crippen LogP contribution in [0.4, 0.5) is 10.8 Å². The van der Waals surface area contributed by atoms with Crippen molar-refractivity contribution in [3.8, 4) is 11.3 Å². The highest BCUT2D eigenvalue weighted by atomic mass is 32.1. The van der Waals surface area contributed by atoms with E-state index in [2.05, 4.69) is 85.4 Å². The summed E-state index contributed by atoms with van der Waals surface area (Å²) in [5.41, 5.74) is 7.64. The molecule has 3 heteroatoms. The van der Waals surface area contributed by atoms with Gasteiger partial charge in [-0.05, 0) is 38.8 Å². The van der Waals surface area contributed by atoms with Gasteiger partial charge in [-0.15, -0.1) is 0 Å². The van der Waals surface area contributed by atoms with E-state index in [9.17, 15) is 0 Å². The highest BCUT2D eigenvalue weighted by Gasteiger charge is 2.20. The van der Waals surface area contributed by atoms with Gasteiger partial charge in [0.2, 0.25) is 0 Å². The summed E-state index contributed by atoms with van der Waals surface area (Å²) in [6.45, 7) is 9.63. The SMILES string of the molecule is CC[n+]1c(-c2ccccc2)csc1Nc1c(C)cc(C)cc1C. The molecule has 0 fully saturated rings. The topological polar surface area (TPSA) is 15.9 Å². The zero-order valence-corrected chi connectivity index (χ0v) is 15.0. The molecule has 3 rings (SSSR count). The summed E-state index contributed by atoms with van der Waals surface area (Å²) in [6, 6.07) is 15.0. The normalized spacial score (nSPS) is 10.8. The van der Waals surface area contributed by atoms with Crippen LogP contribution in [0.5, 0.6) is 0 Å². The van der Waals surface area contributed by atoms with E-state index in [1.807, 2.05) is 0 Å². The number of nitrogens with one attached hydrogen (secondary N) is 1. The Labute approximate surface area is 142 Å².